The fraction of sp³-hybridized carbons (Fsp3) is 0.250. The molecule has 1 aromatic rings. The smallest absolute Gasteiger partial charge is 0.271 e. The van der Waals surface area contributed by atoms with Gasteiger partial charge < -0.3 is 0 Å². The Balaban J connectivity index is 2.76. The van der Waals surface area contributed by atoms with Gasteiger partial charge in [0, 0.05) is 18.4 Å². The molecule has 0 saturated carbocycles. The molecule has 0 bridgehead atoms. The topological polar surface area (TPSA) is 58.2 Å². The lowest BCUT2D eigenvalue weighted by molar-refractivity contribution is -0.728. The van der Waals surface area contributed by atoms with Crippen molar-refractivity contribution in [2.45, 2.75) is 11.6 Å². The average molecular weight is 233 g/mol. The van der Waals surface area contributed by atoms with Gasteiger partial charge in [0.15, 0.2) is 12.7 Å². The minimum absolute atomic E-state index is 0.234. The third-order valence-corrected chi connectivity index (χ3v) is 3.00. The molecule has 1 N–H and O–H groups in total. The van der Waals surface area contributed by atoms with Crippen molar-refractivity contribution < 1.29 is 17.5 Å². The highest BCUT2D eigenvalue weighted by Crippen LogP contribution is 2.09. The first-order valence-corrected chi connectivity index (χ1v) is 6.48. The highest BCUT2D eigenvalue weighted by molar-refractivity contribution is 8.00. The van der Waals surface area contributed by atoms with Crippen LogP contribution in [0.25, 0.3) is 0 Å². The summed E-state index contributed by atoms with van der Waals surface area (Å²) >= 11 is 1.28. The van der Waals surface area contributed by atoms with Crippen LogP contribution in [0.3, 0.4) is 0 Å². The molecule has 0 aliphatic heterocycles. The van der Waals surface area contributed by atoms with Gasteiger partial charge in [-0.3, -0.25) is 4.55 Å². The van der Waals surface area contributed by atoms with E-state index in [1.165, 1.54) is 11.8 Å². The second-order valence-corrected chi connectivity index (χ2v) is 4.94. The molecule has 0 amide bonds. The van der Waals surface area contributed by atoms with E-state index >= 15 is 0 Å². The van der Waals surface area contributed by atoms with Gasteiger partial charge in [0.25, 0.3) is 10.1 Å². The number of nitrogens with zero attached hydrogens (tertiary/aromatic N) is 1. The molecular formula is C8H11NO3S2+. The third kappa shape index (κ3) is 3.65. The standard InChI is InChI=1S/C8H10NO3S2/c1-13-8-4-2-3-5-9(8)6-7-14(10,11)12/h2-5H,1,6-7H2/p+1. The van der Waals surface area contributed by atoms with Crippen LogP contribution < -0.4 is 4.57 Å². The molecule has 6 heteroatoms. The van der Waals surface area contributed by atoms with Crippen LogP contribution in [-0.2, 0) is 16.7 Å². The van der Waals surface area contributed by atoms with Crippen LogP contribution in [0.2, 0.25) is 0 Å². The van der Waals surface area contributed by atoms with E-state index in [9.17, 15) is 8.42 Å². The Bertz CT molecular complexity index is 403. The fourth-order valence-electron chi connectivity index (χ4n) is 0.990. The first-order valence-electron chi connectivity index (χ1n) is 3.88. The van der Waals surface area contributed by atoms with E-state index in [2.05, 4.69) is 6.26 Å². The molecule has 1 rings (SSSR count). The van der Waals surface area contributed by atoms with Crippen molar-refractivity contribution in [2.75, 3.05) is 5.75 Å². The number of hydrogen-bond donors (Lipinski definition) is 1. The number of rotatable bonds is 4. The maximum atomic E-state index is 10.5. The van der Waals surface area contributed by atoms with Crippen LogP contribution in [0, 0.1) is 6.26 Å². The lowest BCUT2D eigenvalue weighted by atomic mass is 10.5. The molecule has 77 valence electrons. The van der Waals surface area contributed by atoms with Crippen molar-refractivity contribution in [3.63, 3.8) is 0 Å². The maximum absolute atomic E-state index is 10.5. The molecule has 0 aliphatic rings. The van der Waals surface area contributed by atoms with E-state index in [1.54, 1.807) is 16.8 Å². The summed E-state index contributed by atoms with van der Waals surface area (Å²) in [7, 11) is -3.90. The second kappa shape index (κ2) is 4.77. The summed E-state index contributed by atoms with van der Waals surface area (Å²) in [4.78, 5) is 0. The SMILES string of the molecule is [CH2]Sc1cccc[n+]1CCS(=O)(=O)O. The molecule has 0 aliphatic carbocycles. The number of aryl methyl sites for hydroxylation is 1. The van der Waals surface area contributed by atoms with E-state index < -0.39 is 10.1 Å². The molecule has 1 radical (unpaired) electrons. The summed E-state index contributed by atoms with van der Waals surface area (Å²) in [5.74, 6) is -0.283. The van der Waals surface area contributed by atoms with E-state index in [0.717, 1.165) is 5.03 Å². The Morgan fingerprint density at radius 2 is 2.21 bits per heavy atom. The molecule has 0 unspecified atom stereocenters. The lowest BCUT2D eigenvalue weighted by Crippen LogP contribution is -2.38. The average Bonchev–Trinajstić information content (AvgIpc) is 2.14. The van der Waals surface area contributed by atoms with Crippen molar-refractivity contribution in [1.29, 1.82) is 0 Å². The first-order chi connectivity index (χ1) is 6.53. The third-order valence-electron chi connectivity index (χ3n) is 1.64. The summed E-state index contributed by atoms with van der Waals surface area (Å²) in [5.41, 5.74) is 0. The highest BCUT2D eigenvalue weighted by atomic mass is 32.2. The molecule has 0 saturated heterocycles. The minimum Gasteiger partial charge on any atom is -0.285 e. The Labute approximate surface area is 87.7 Å². The predicted molar refractivity (Wildman–Crippen MR) is 54.3 cm³/mol. The zero-order valence-electron chi connectivity index (χ0n) is 7.46. The summed E-state index contributed by atoms with van der Waals surface area (Å²) in [6, 6.07) is 5.48. The van der Waals surface area contributed by atoms with Gasteiger partial charge in [0.2, 0.25) is 5.03 Å². The lowest BCUT2D eigenvalue weighted by Gasteiger charge is -1.99. The molecule has 0 spiro atoms. The van der Waals surface area contributed by atoms with Gasteiger partial charge in [-0.2, -0.15) is 13.0 Å². The zero-order valence-corrected chi connectivity index (χ0v) is 9.09. The van der Waals surface area contributed by atoms with Crippen LogP contribution in [-0.4, -0.2) is 18.7 Å². The van der Waals surface area contributed by atoms with Crippen LogP contribution in [0.15, 0.2) is 29.4 Å². The van der Waals surface area contributed by atoms with Gasteiger partial charge >= 0.3 is 0 Å². The second-order valence-electron chi connectivity index (χ2n) is 2.66. The van der Waals surface area contributed by atoms with Crippen LogP contribution in [0.1, 0.15) is 0 Å². The molecule has 1 heterocycles. The monoisotopic (exact) mass is 233 g/mol. The Hall–Kier alpha value is -0.590. The van der Waals surface area contributed by atoms with Gasteiger partial charge in [0.05, 0.1) is 0 Å². The summed E-state index contributed by atoms with van der Waals surface area (Å²) < 4.78 is 31.4. The Kier molecular flexibility index (Phi) is 3.91. The van der Waals surface area contributed by atoms with Crippen molar-refractivity contribution in [3.05, 3.63) is 30.7 Å². The van der Waals surface area contributed by atoms with E-state index in [4.69, 9.17) is 4.55 Å². The number of pyridine rings is 1. The Morgan fingerprint density at radius 1 is 1.50 bits per heavy atom. The van der Waals surface area contributed by atoms with Crippen molar-refractivity contribution in [3.8, 4) is 0 Å². The van der Waals surface area contributed by atoms with Crippen molar-refractivity contribution in [2.24, 2.45) is 0 Å². The van der Waals surface area contributed by atoms with Crippen LogP contribution >= 0.6 is 11.8 Å². The number of hydrogen-bond acceptors (Lipinski definition) is 3. The van der Waals surface area contributed by atoms with Crippen molar-refractivity contribution in [1.82, 2.24) is 0 Å². The molecule has 14 heavy (non-hydrogen) atoms. The molecule has 1 aromatic heterocycles. The molecular weight excluding hydrogens is 222 g/mol. The minimum atomic E-state index is -3.90. The maximum Gasteiger partial charge on any atom is 0.271 e. The normalized spacial score (nSPS) is 11.6. The largest absolute Gasteiger partial charge is 0.285 e. The highest BCUT2D eigenvalue weighted by Gasteiger charge is 2.12. The quantitative estimate of drug-likeness (QED) is 0.473. The Morgan fingerprint density at radius 3 is 2.79 bits per heavy atom. The molecule has 0 fully saturated rings. The first kappa shape index (κ1) is 11.5. The van der Waals surface area contributed by atoms with E-state index in [0.29, 0.717) is 0 Å². The fourth-order valence-corrected chi connectivity index (χ4v) is 1.91. The van der Waals surface area contributed by atoms with Gasteiger partial charge in [-0.15, -0.1) is 0 Å². The summed E-state index contributed by atoms with van der Waals surface area (Å²) in [6.45, 7) is 0.234. The number of aromatic nitrogens is 1. The van der Waals surface area contributed by atoms with Gasteiger partial charge in [0.1, 0.15) is 5.75 Å². The number of thioether (sulfide) groups is 1. The van der Waals surface area contributed by atoms with Gasteiger partial charge in [-0.05, 0) is 6.07 Å². The zero-order chi connectivity index (χ0) is 10.6. The molecule has 4 nitrogen and oxygen atoms in total. The summed E-state index contributed by atoms with van der Waals surface area (Å²) in [5, 5.41) is 0.858. The predicted octanol–water partition coefficient (Wildman–Crippen LogP) is 0.746. The van der Waals surface area contributed by atoms with Crippen LogP contribution in [0.4, 0.5) is 0 Å². The van der Waals surface area contributed by atoms with Crippen LogP contribution in [0.5, 0.6) is 0 Å². The van der Waals surface area contributed by atoms with Crippen molar-refractivity contribution >= 4 is 21.9 Å². The molecule has 0 aromatic carbocycles. The molecule has 0 atom stereocenters. The van der Waals surface area contributed by atoms with Gasteiger partial charge in [-0.25, -0.2) is 0 Å². The summed E-state index contributed by atoms with van der Waals surface area (Å²) in [6.07, 6.45) is 5.39. The van der Waals surface area contributed by atoms with E-state index in [-0.39, 0.29) is 12.3 Å². The van der Waals surface area contributed by atoms with Gasteiger partial charge in [-0.1, -0.05) is 11.8 Å². The van der Waals surface area contributed by atoms with E-state index in [1.807, 2.05) is 12.1 Å².